The van der Waals surface area contributed by atoms with Crippen molar-refractivity contribution in [2.24, 2.45) is 5.14 Å². The Kier molecular flexibility index (Phi) is 4.83. The van der Waals surface area contributed by atoms with Crippen molar-refractivity contribution in [1.82, 2.24) is 4.98 Å². The van der Waals surface area contributed by atoms with E-state index in [-0.39, 0.29) is 17.4 Å². The summed E-state index contributed by atoms with van der Waals surface area (Å²) in [6.45, 7) is 0.0575. The van der Waals surface area contributed by atoms with Crippen LogP contribution in [0.4, 0.5) is 18.9 Å². The molecule has 0 unspecified atom stereocenters. The Bertz CT molecular complexity index is 808. The zero-order valence-corrected chi connectivity index (χ0v) is 13.0. The van der Waals surface area contributed by atoms with E-state index in [0.717, 1.165) is 12.1 Å². The number of nitrogens with one attached hydrogen (secondary N) is 1. The molecule has 0 aliphatic heterocycles. The summed E-state index contributed by atoms with van der Waals surface area (Å²) in [6.07, 6.45) is -3.32. The maximum absolute atomic E-state index is 13.1. The van der Waals surface area contributed by atoms with Crippen molar-refractivity contribution < 1.29 is 21.6 Å². The van der Waals surface area contributed by atoms with Crippen molar-refractivity contribution in [1.29, 1.82) is 0 Å². The maximum atomic E-state index is 13.1. The SMILES string of the molecule is NS(=O)(=O)c1ccc(NCc2ccc(Cl)nc2)c(C(F)(F)F)c1. The molecule has 0 spiro atoms. The van der Waals surface area contributed by atoms with Crippen molar-refractivity contribution in [2.45, 2.75) is 17.6 Å². The van der Waals surface area contributed by atoms with Crippen LogP contribution in [0.25, 0.3) is 0 Å². The fraction of sp³-hybridized carbons (Fsp3) is 0.154. The van der Waals surface area contributed by atoms with Crippen LogP contribution in [-0.2, 0) is 22.7 Å². The lowest BCUT2D eigenvalue weighted by molar-refractivity contribution is -0.137. The second-order valence-electron chi connectivity index (χ2n) is 4.59. The van der Waals surface area contributed by atoms with Gasteiger partial charge in [-0.25, -0.2) is 18.5 Å². The van der Waals surface area contributed by atoms with Gasteiger partial charge < -0.3 is 5.32 Å². The first-order valence-electron chi connectivity index (χ1n) is 6.16. The monoisotopic (exact) mass is 365 g/mol. The molecule has 0 atom stereocenters. The highest BCUT2D eigenvalue weighted by atomic mass is 35.5. The summed E-state index contributed by atoms with van der Waals surface area (Å²) in [5.41, 5.74) is -0.774. The number of primary sulfonamides is 1. The predicted octanol–water partition coefficient (Wildman–Crippen LogP) is 3.01. The van der Waals surface area contributed by atoms with Crippen molar-refractivity contribution in [3.63, 3.8) is 0 Å². The van der Waals surface area contributed by atoms with Gasteiger partial charge in [0, 0.05) is 18.4 Å². The molecule has 2 rings (SSSR count). The molecule has 0 fully saturated rings. The molecule has 5 nitrogen and oxygen atoms in total. The Balaban J connectivity index is 2.32. The molecule has 2 aromatic rings. The molecule has 0 amide bonds. The van der Waals surface area contributed by atoms with Gasteiger partial charge in [0.05, 0.1) is 10.5 Å². The summed E-state index contributed by atoms with van der Waals surface area (Å²) < 4.78 is 61.7. The molecule has 23 heavy (non-hydrogen) atoms. The zero-order chi connectivity index (χ0) is 17.3. The van der Waals surface area contributed by atoms with Crippen molar-refractivity contribution >= 4 is 27.3 Å². The molecule has 1 aromatic carbocycles. The van der Waals surface area contributed by atoms with E-state index in [4.69, 9.17) is 16.7 Å². The number of benzene rings is 1. The smallest absolute Gasteiger partial charge is 0.380 e. The molecule has 0 bridgehead atoms. The number of anilines is 1. The van der Waals surface area contributed by atoms with Gasteiger partial charge in [0.1, 0.15) is 5.15 Å². The topological polar surface area (TPSA) is 85.1 Å². The highest BCUT2D eigenvalue weighted by Gasteiger charge is 2.34. The lowest BCUT2D eigenvalue weighted by Gasteiger charge is -2.15. The van der Waals surface area contributed by atoms with Crippen LogP contribution >= 0.6 is 11.6 Å². The minimum Gasteiger partial charge on any atom is -0.380 e. The fourth-order valence-corrected chi connectivity index (χ4v) is 2.45. The first-order valence-corrected chi connectivity index (χ1v) is 8.08. The van der Waals surface area contributed by atoms with Crippen molar-refractivity contribution in [3.05, 3.63) is 52.8 Å². The summed E-state index contributed by atoms with van der Waals surface area (Å²) in [6, 6.07) is 5.64. The number of sulfonamides is 1. The summed E-state index contributed by atoms with van der Waals surface area (Å²) in [7, 11) is -4.23. The first kappa shape index (κ1) is 17.5. The Hall–Kier alpha value is -1.84. The third-order valence-electron chi connectivity index (χ3n) is 2.90. The van der Waals surface area contributed by atoms with Crippen molar-refractivity contribution in [3.8, 4) is 0 Å². The molecule has 1 aromatic heterocycles. The summed E-state index contributed by atoms with van der Waals surface area (Å²) in [5.74, 6) is 0. The Morgan fingerprint density at radius 2 is 1.91 bits per heavy atom. The fourth-order valence-electron chi connectivity index (χ4n) is 1.80. The normalized spacial score (nSPS) is 12.2. The van der Waals surface area contributed by atoms with Gasteiger partial charge in [-0.3, -0.25) is 0 Å². The lowest BCUT2D eigenvalue weighted by atomic mass is 10.1. The number of nitrogens with zero attached hydrogens (tertiary/aromatic N) is 1. The minimum atomic E-state index is -4.73. The maximum Gasteiger partial charge on any atom is 0.418 e. The largest absolute Gasteiger partial charge is 0.418 e. The van der Waals surface area contributed by atoms with Crippen molar-refractivity contribution in [2.75, 3.05) is 5.32 Å². The van der Waals surface area contributed by atoms with Crippen LogP contribution in [0, 0.1) is 0 Å². The minimum absolute atomic E-state index is 0.0575. The number of halogens is 4. The molecular weight excluding hydrogens is 355 g/mol. The molecule has 3 N–H and O–H groups in total. The van der Waals surface area contributed by atoms with E-state index in [9.17, 15) is 21.6 Å². The standard InChI is InChI=1S/C13H11ClF3N3O2S/c14-12-4-1-8(7-20-12)6-19-11-3-2-9(23(18,21)22)5-10(11)13(15,16)17/h1-5,7,19H,6H2,(H2,18,21,22). The zero-order valence-electron chi connectivity index (χ0n) is 11.4. The van der Waals surface area contributed by atoms with Crippen LogP contribution in [0.5, 0.6) is 0 Å². The van der Waals surface area contributed by atoms with E-state index >= 15 is 0 Å². The number of alkyl halides is 3. The second-order valence-corrected chi connectivity index (χ2v) is 6.54. The highest BCUT2D eigenvalue weighted by Crippen LogP contribution is 2.36. The van der Waals surface area contributed by atoms with E-state index in [1.54, 1.807) is 6.07 Å². The van der Waals surface area contributed by atoms with Gasteiger partial charge in [-0.15, -0.1) is 0 Å². The third-order valence-corrected chi connectivity index (χ3v) is 4.03. The molecule has 10 heteroatoms. The van der Waals surface area contributed by atoms with Gasteiger partial charge in [0.15, 0.2) is 0 Å². The van der Waals surface area contributed by atoms with Gasteiger partial charge in [0.25, 0.3) is 0 Å². The first-order chi connectivity index (χ1) is 10.6. The second kappa shape index (κ2) is 6.34. The number of hydrogen-bond donors (Lipinski definition) is 2. The summed E-state index contributed by atoms with van der Waals surface area (Å²) >= 11 is 5.63. The Labute approximate surface area is 135 Å². The van der Waals surface area contributed by atoms with E-state index in [1.807, 2.05) is 0 Å². The number of pyridine rings is 1. The Morgan fingerprint density at radius 3 is 2.43 bits per heavy atom. The third kappa shape index (κ3) is 4.57. The average molecular weight is 366 g/mol. The average Bonchev–Trinajstić information content (AvgIpc) is 2.44. The van der Waals surface area contributed by atoms with E-state index in [1.165, 1.54) is 12.3 Å². The molecule has 0 radical (unpaired) electrons. The van der Waals surface area contributed by atoms with E-state index in [2.05, 4.69) is 10.3 Å². The van der Waals surface area contributed by atoms with Crippen LogP contribution < -0.4 is 10.5 Å². The van der Waals surface area contributed by atoms with Gasteiger partial charge in [0.2, 0.25) is 10.0 Å². The van der Waals surface area contributed by atoms with Crippen LogP contribution in [0.2, 0.25) is 5.15 Å². The number of aromatic nitrogens is 1. The van der Waals surface area contributed by atoms with Crippen LogP contribution in [0.15, 0.2) is 41.4 Å². The van der Waals surface area contributed by atoms with Crippen LogP contribution in [0.1, 0.15) is 11.1 Å². The van der Waals surface area contributed by atoms with E-state index in [0.29, 0.717) is 11.6 Å². The van der Waals surface area contributed by atoms with Gasteiger partial charge in [-0.1, -0.05) is 17.7 Å². The molecule has 1 heterocycles. The van der Waals surface area contributed by atoms with Crippen LogP contribution in [0.3, 0.4) is 0 Å². The number of nitrogens with two attached hydrogens (primary N) is 1. The summed E-state index contributed by atoms with van der Waals surface area (Å²) in [4.78, 5) is 3.21. The van der Waals surface area contributed by atoms with Crippen LogP contribution in [-0.4, -0.2) is 13.4 Å². The number of rotatable bonds is 4. The molecule has 124 valence electrons. The molecular formula is C13H11ClF3N3O2S. The van der Waals surface area contributed by atoms with Gasteiger partial charge in [-0.05, 0) is 29.8 Å². The van der Waals surface area contributed by atoms with Gasteiger partial charge >= 0.3 is 6.18 Å². The van der Waals surface area contributed by atoms with E-state index < -0.39 is 26.7 Å². The molecule has 0 saturated heterocycles. The highest BCUT2D eigenvalue weighted by molar-refractivity contribution is 7.89. The number of hydrogen-bond acceptors (Lipinski definition) is 4. The lowest BCUT2D eigenvalue weighted by Crippen LogP contribution is -2.16. The quantitative estimate of drug-likeness (QED) is 0.816. The molecule has 0 saturated carbocycles. The molecule has 0 aliphatic carbocycles. The molecule has 0 aliphatic rings. The predicted molar refractivity (Wildman–Crippen MR) is 79.4 cm³/mol. The summed E-state index contributed by atoms with van der Waals surface area (Å²) in [5, 5.41) is 7.72. The Morgan fingerprint density at radius 1 is 1.22 bits per heavy atom. The van der Waals surface area contributed by atoms with Gasteiger partial charge in [-0.2, -0.15) is 13.2 Å².